The second-order valence-electron chi connectivity index (χ2n) is 9.42. The van der Waals surface area contributed by atoms with Crippen molar-refractivity contribution in [1.29, 1.82) is 0 Å². The van der Waals surface area contributed by atoms with Crippen LogP contribution in [0.25, 0.3) is 0 Å². The largest absolute Gasteiger partial charge is 0.397 e. The fourth-order valence-corrected chi connectivity index (χ4v) is 6.16. The van der Waals surface area contributed by atoms with Gasteiger partial charge in [-0.05, 0) is 38.5 Å². The number of allylic oxidation sites excluding steroid dienone is 1. The lowest BCUT2D eigenvalue weighted by molar-refractivity contribution is 0.210. The highest BCUT2D eigenvalue weighted by atomic mass is 35.5. The molecule has 0 saturated carbocycles. The van der Waals surface area contributed by atoms with E-state index in [1.54, 1.807) is 6.08 Å². The molecule has 0 radical (unpaired) electrons. The number of alkyl halides is 4. The molecule has 0 aliphatic heterocycles. The molecular formula is C22H40Cl4O12S3. The van der Waals surface area contributed by atoms with Gasteiger partial charge >= 0.3 is 31.2 Å². The zero-order chi connectivity index (χ0) is 31.6. The van der Waals surface area contributed by atoms with Crippen LogP contribution >= 0.6 is 46.4 Å². The number of halogens is 4. The molecular weight excluding hydrogens is 694 g/mol. The highest BCUT2D eigenvalue weighted by Gasteiger charge is 2.27. The molecule has 3 atom stereocenters. The average molecular weight is 735 g/mol. The number of unbranched alkanes of at least 4 members (excludes halogenated alkanes) is 9. The van der Waals surface area contributed by atoms with E-state index in [0.29, 0.717) is 44.9 Å². The molecule has 0 aliphatic carbocycles. The quantitative estimate of drug-likeness (QED) is 0.0394. The second-order valence-corrected chi connectivity index (χ2v) is 15.5. The molecule has 19 heteroatoms. The number of rotatable bonds is 26. The molecule has 0 heterocycles. The lowest BCUT2D eigenvalue weighted by Crippen LogP contribution is -2.28. The van der Waals surface area contributed by atoms with Crippen LogP contribution in [0.15, 0.2) is 12.2 Å². The predicted octanol–water partition coefficient (Wildman–Crippen LogP) is 6.22. The Hall–Kier alpha value is 0.510. The zero-order valence-electron chi connectivity index (χ0n) is 22.5. The molecule has 12 nitrogen and oxygen atoms in total. The Balaban J connectivity index is 4.25. The van der Waals surface area contributed by atoms with Crippen LogP contribution in [0.5, 0.6) is 0 Å². The van der Waals surface area contributed by atoms with Crippen molar-refractivity contribution in [2.24, 2.45) is 0 Å². The van der Waals surface area contributed by atoms with Crippen LogP contribution in [-0.4, -0.2) is 73.3 Å². The zero-order valence-corrected chi connectivity index (χ0v) is 27.9. The van der Waals surface area contributed by atoms with Gasteiger partial charge in [0.1, 0.15) is 17.0 Å². The summed E-state index contributed by atoms with van der Waals surface area (Å²) in [5, 5.41) is -1.16. The first kappa shape index (κ1) is 41.5. The van der Waals surface area contributed by atoms with Gasteiger partial charge in [-0.3, -0.25) is 13.7 Å². The van der Waals surface area contributed by atoms with Crippen molar-refractivity contribution >= 4 is 77.6 Å². The third kappa shape index (κ3) is 29.0. The molecule has 246 valence electrons. The minimum Gasteiger partial charge on any atom is -0.264 e. The van der Waals surface area contributed by atoms with Crippen LogP contribution in [0.4, 0.5) is 0 Å². The van der Waals surface area contributed by atoms with Gasteiger partial charge in [0.05, 0.1) is 12.0 Å². The van der Waals surface area contributed by atoms with Gasteiger partial charge in [0, 0.05) is 5.38 Å². The maximum Gasteiger partial charge on any atom is 0.397 e. The number of hydrogen-bond acceptors (Lipinski definition) is 9. The van der Waals surface area contributed by atoms with E-state index in [9.17, 15) is 25.3 Å². The molecule has 0 aliphatic rings. The van der Waals surface area contributed by atoms with E-state index < -0.39 is 53.6 Å². The van der Waals surface area contributed by atoms with Gasteiger partial charge in [0.2, 0.25) is 0 Å². The van der Waals surface area contributed by atoms with E-state index in [1.807, 2.05) is 0 Å². The smallest absolute Gasteiger partial charge is 0.264 e. The van der Waals surface area contributed by atoms with Crippen LogP contribution in [0.1, 0.15) is 89.9 Å². The van der Waals surface area contributed by atoms with E-state index in [4.69, 9.17) is 64.2 Å². The molecule has 0 aromatic heterocycles. The van der Waals surface area contributed by atoms with E-state index in [-0.39, 0.29) is 18.4 Å². The predicted molar refractivity (Wildman–Crippen MR) is 159 cm³/mol. The third-order valence-electron chi connectivity index (χ3n) is 5.62. The maximum atomic E-state index is 11.3. The van der Waals surface area contributed by atoms with Crippen molar-refractivity contribution in [3.63, 3.8) is 0 Å². The van der Waals surface area contributed by atoms with Crippen LogP contribution in [0.3, 0.4) is 0 Å². The minimum atomic E-state index is -4.75. The summed E-state index contributed by atoms with van der Waals surface area (Å²) < 4.78 is 103. The van der Waals surface area contributed by atoms with E-state index in [2.05, 4.69) is 8.37 Å². The van der Waals surface area contributed by atoms with Gasteiger partial charge in [0.25, 0.3) is 0 Å². The van der Waals surface area contributed by atoms with Crippen LogP contribution < -0.4 is 0 Å². The van der Waals surface area contributed by atoms with E-state index >= 15 is 0 Å². The Bertz CT molecular complexity index is 1050. The van der Waals surface area contributed by atoms with Crippen molar-refractivity contribution in [1.82, 2.24) is 0 Å². The Morgan fingerprint density at radius 1 is 0.707 bits per heavy atom. The first-order valence-electron chi connectivity index (χ1n) is 13.0. The normalized spacial score (nSPS) is 15.8. The van der Waals surface area contributed by atoms with Crippen molar-refractivity contribution < 1.29 is 51.5 Å². The van der Waals surface area contributed by atoms with Crippen molar-refractivity contribution in [3.8, 4) is 0 Å². The molecule has 3 N–H and O–H groups in total. The van der Waals surface area contributed by atoms with E-state index in [0.717, 1.165) is 38.5 Å². The molecule has 0 aromatic rings. The second kappa shape index (κ2) is 21.3. The highest BCUT2D eigenvalue weighted by Crippen LogP contribution is 2.29. The highest BCUT2D eigenvalue weighted by molar-refractivity contribution is 7.81. The third-order valence-corrected chi connectivity index (χ3v) is 8.39. The van der Waals surface area contributed by atoms with Gasteiger partial charge in [-0.15, -0.1) is 23.2 Å². The lowest BCUT2D eigenvalue weighted by atomic mass is 10.0. The Morgan fingerprint density at radius 2 is 1.24 bits per heavy atom. The van der Waals surface area contributed by atoms with Crippen LogP contribution in [-0.2, 0) is 43.7 Å². The summed E-state index contributed by atoms with van der Waals surface area (Å²) in [5.74, 6) is 0. The molecule has 0 saturated heterocycles. The summed E-state index contributed by atoms with van der Waals surface area (Å²) in [6.45, 7) is -0.657. The van der Waals surface area contributed by atoms with Gasteiger partial charge in [0.15, 0.2) is 0 Å². The van der Waals surface area contributed by atoms with Crippen molar-refractivity contribution in [2.75, 3.05) is 13.2 Å². The van der Waals surface area contributed by atoms with Crippen LogP contribution in [0.2, 0.25) is 0 Å². The molecule has 0 aromatic carbocycles. The van der Waals surface area contributed by atoms with Crippen molar-refractivity contribution in [3.05, 3.63) is 12.2 Å². The summed E-state index contributed by atoms with van der Waals surface area (Å²) in [4.78, 5) is 0. The molecule has 0 amide bonds. The molecule has 0 fully saturated rings. The Morgan fingerprint density at radius 3 is 1.83 bits per heavy atom. The minimum absolute atomic E-state index is 0.115. The maximum absolute atomic E-state index is 11.3. The number of hydrogen-bond donors (Lipinski definition) is 3. The standard InChI is InChI=1S/C22H40Cl4O12S3/c23-19(13-9-5-1-3-7-11-15-22(25,26)18-37-40(30,31)32)17-20(24)21(38-41(33,34)35)14-10-6-2-4-8-12-16-36-39(27,28)29/h10,14,19-21H,1-9,11-13,15-18H2,(H,27,28,29)(H,30,31,32)(H,33,34,35)/b14-10+/t19-,20+,21+/m0/s1. The fourth-order valence-electron chi connectivity index (χ4n) is 3.65. The molecule has 0 rings (SSSR count). The first-order chi connectivity index (χ1) is 18.8. The van der Waals surface area contributed by atoms with Gasteiger partial charge in [-0.25, -0.2) is 12.5 Å². The Kier molecular flexibility index (Phi) is 21.5. The molecule has 0 spiro atoms. The summed E-state index contributed by atoms with van der Waals surface area (Å²) in [7, 11) is -13.8. The summed E-state index contributed by atoms with van der Waals surface area (Å²) >= 11 is 24.7. The summed E-state index contributed by atoms with van der Waals surface area (Å²) in [6, 6.07) is 0. The topological polar surface area (TPSA) is 191 Å². The lowest BCUT2D eigenvalue weighted by Gasteiger charge is -2.20. The van der Waals surface area contributed by atoms with Crippen molar-refractivity contribution in [2.45, 2.75) is 111 Å². The van der Waals surface area contributed by atoms with E-state index in [1.165, 1.54) is 6.08 Å². The van der Waals surface area contributed by atoms with Gasteiger partial charge < -0.3 is 0 Å². The SMILES string of the molecule is O=S(=O)(O)OCCCCCC/C=C/[C@@H](OS(=O)(=O)O)[C@H](Cl)C[C@@H](Cl)CCCCCCCCC(Cl)(Cl)COS(=O)(=O)O. The summed E-state index contributed by atoms with van der Waals surface area (Å²) in [5.41, 5.74) is 0. The fraction of sp³-hybridized carbons (Fsp3) is 0.909. The molecule has 0 bridgehead atoms. The molecule has 41 heavy (non-hydrogen) atoms. The molecule has 0 unspecified atom stereocenters. The summed E-state index contributed by atoms with van der Waals surface area (Å²) in [6.07, 6.45) is 11.3. The Labute approximate surface area is 264 Å². The van der Waals surface area contributed by atoms with Gasteiger partial charge in [-0.1, -0.05) is 86.7 Å². The van der Waals surface area contributed by atoms with Gasteiger partial charge in [-0.2, -0.15) is 25.3 Å². The first-order valence-corrected chi connectivity index (χ1v) is 18.7. The average Bonchev–Trinajstić information content (AvgIpc) is 2.80. The van der Waals surface area contributed by atoms with Crippen LogP contribution in [0, 0.1) is 0 Å². The monoisotopic (exact) mass is 732 g/mol.